The van der Waals surface area contributed by atoms with Crippen molar-refractivity contribution < 1.29 is 0 Å². The molecule has 0 spiro atoms. The van der Waals surface area contributed by atoms with Gasteiger partial charge in [0.1, 0.15) is 0 Å². The van der Waals surface area contributed by atoms with E-state index < -0.39 is 0 Å². The Morgan fingerprint density at radius 3 is 3.08 bits per heavy atom. The second-order valence-electron chi connectivity index (χ2n) is 3.77. The summed E-state index contributed by atoms with van der Waals surface area (Å²) in [5, 5.41) is 11.8. The number of nitrogens with zero attached hydrogens (tertiary/aromatic N) is 2. The van der Waals surface area contributed by atoms with Crippen molar-refractivity contribution in [2.45, 2.75) is 32.2 Å². The highest BCUT2D eigenvalue weighted by Crippen LogP contribution is 2.02. The molecule has 0 bridgehead atoms. The fraction of sp³-hybridized carbons (Fsp3) is 0.900. The van der Waals surface area contributed by atoms with Crippen LogP contribution in [0.15, 0.2) is 0 Å². The number of hydrogen-bond acceptors (Lipinski definition) is 3. The predicted molar refractivity (Wildman–Crippen MR) is 53.4 cm³/mol. The molecule has 1 N–H and O–H groups in total. The fourth-order valence-electron chi connectivity index (χ4n) is 1.75. The molecule has 0 amide bonds. The lowest BCUT2D eigenvalue weighted by atomic mass is 10.2. The summed E-state index contributed by atoms with van der Waals surface area (Å²) in [5.41, 5.74) is 0. The Bertz CT molecular complexity index is 173. The quantitative estimate of drug-likeness (QED) is 0.657. The molecule has 0 unspecified atom stereocenters. The van der Waals surface area contributed by atoms with Crippen LogP contribution < -0.4 is 5.32 Å². The van der Waals surface area contributed by atoms with Crippen LogP contribution in [0.2, 0.25) is 0 Å². The molecule has 1 aliphatic heterocycles. The van der Waals surface area contributed by atoms with Crippen molar-refractivity contribution in [3.05, 3.63) is 0 Å². The highest BCUT2D eigenvalue weighted by Gasteiger charge is 2.14. The molecule has 74 valence electrons. The van der Waals surface area contributed by atoms with Gasteiger partial charge in [0.15, 0.2) is 0 Å². The number of rotatable bonds is 4. The van der Waals surface area contributed by atoms with Crippen LogP contribution in [0, 0.1) is 11.3 Å². The van der Waals surface area contributed by atoms with E-state index in [1.54, 1.807) is 0 Å². The number of nitriles is 1. The first kappa shape index (κ1) is 10.5. The maximum absolute atomic E-state index is 8.37. The smallest absolute Gasteiger partial charge is 0.0621 e. The molecule has 0 aromatic rings. The van der Waals surface area contributed by atoms with E-state index in [-0.39, 0.29) is 0 Å². The molecule has 0 radical (unpaired) electrons. The standard InChI is InChI=1S/C10H19N3/c1-10-9-13(8-6-12-10)7-4-2-3-5-11/h10,12H,2-4,6-9H2,1H3/t10-/m0/s1. The number of piperazine rings is 1. The highest BCUT2D eigenvalue weighted by atomic mass is 15.2. The first-order valence-electron chi connectivity index (χ1n) is 5.15. The Morgan fingerprint density at radius 1 is 1.54 bits per heavy atom. The molecule has 0 aromatic carbocycles. The molecule has 3 nitrogen and oxygen atoms in total. The van der Waals surface area contributed by atoms with Gasteiger partial charge in [-0.1, -0.05) is 0 Å². The molecular weight excluding hydrogens is 162 g/mol. The summed E-state index contributed by atoms with van der Waals surface area (Å²) in [6.07, 6.45) is 2.93. The minimum Gasteiger partial charge on any atom is -0.312 e. The zero-order valence-corrected chi connectivity index (χ0v) is 8.42. The number of nitrogens with one attached hydrogen (secondary N) is 1. The molecule has 1 saturated heterocycles. The van der Waals surface area contributed by atoms with Gasteiger partial charge in [-0.15, -0.1) is 0 Å². The van der Waals surface area contributed by atoms with E-state index in [4.69, 9.17) is 5.26 Å². The summed E-state index contributed by atoms with van der Waals surface area (Å²) in [6, 6.07) is 2.81. The van der Waals surface area contributed by atoms with Crippen molar-refractivity contribution in [2.75, 3.05) is 26.2 Å². The summed E-state index contributed by atoms with van der Waals surface area (Å²) < 4.78 is 0. The second-order valence-corrected chi connectivity index (χ2v) is 3.77. The molecule has 13 heavy (non-hydrogen) atoms. The molecule has 1 atom stereocenters. The van der Waals surface area contributed by atoms with Crippen LogP contribution in [0.5, 0.6) is 0 Å². The Hall–Kier alpha value is -0.590. The summed E-state index contributed by atoms with van der Waals surface area (Å²) in [4.78, 5) is 2.48. The van der Waals surface area contributed by atoms with Crippen molar-refractivity contribution in [1.82, 2.24) is 10.2 Å². The van der Waals surface area contributed by atoms with Crippen molar-refractivity contribution in [1.29, 1.82) is 5.26 Å². The first-order chi connectivity index (χ1) is 6.33. The molecule has 1 rings (SSSR count). The fourth-order valence-corrected chi connectivity index (χ4v) is 1.75. The van der Waals surface area contributed by atoms with Gasteiger partial charge >= 0.3 is 0 Å². The van der Waals surface area contributed by atoms with Crippen LogP contribution in [0.4, 0.5) is 0 Å². The number of unbranched alkanes of at least 4 members (excludes halogenated alkanes) is 2. The second kappa shape index (κ2) is 5.95. The van der Waals surface area contributed by atoms with Gasteiger partial charge in [0, 0.05) is 32.1 Å². The van der Waals surface area contributed by atoms with E-state index in [0.29, 0.717) is 12.5 Å². The van der Waals surface area contributed by atoms with Gasteiger partial charge in [0.2, 0.25) is 0 Å². The maximum atomic E-state index is 8.37. The average Bonchev–Trinajstić information content (AvgIpc) is 2.13. The van der Waals surface area contributed by atoms with Crippen molar-refractivity contribution in [3.8, 4) is 6.07 Å². The van der Waals surface area contributed by atoms with Crippen LogP contribution in [0.25, 0.3) is 0 Å². The SMILES string of the molecule is C[C@H]1CN(CCCCC#N)CCN1. The zero-order chi connectivity index (χ0) is 9.52. The van der Waals surface area contributed by atoms with E-state index >= 15 is 0 Å². The molecule has 0 aromatic heterocycles. The minimum atomic E-state index is 0.629. The van der Waals surface area contributed by atoms with E-state index in [9.17, 15) is 0 Å². The first-order valence-corrected chi connectivity index (χ1v) is 5.15. The third-order valence-corrected chi connectivity index (χ3v) is 2.47. The van der Waals surface area contributed by atoms with Gasteiger partial charge in [-0.25, -0.2) is 0 Å². The molecule has 0 saturated carbocycles. The molecule has 3 heteroatoms. The van der Waals surface area contributed by atoms with Crippen LogP contribution in [-0.2, 0) is 0 Å². The van der Waals surface area contributed by atoms with Gasteiger partial charge in [-0.3, -0.25) is 0 Å². The Morgan fingerprint density at radius 2 is 2.38 bits per heavy atom. The summed E-state index contributed by atoms with van der Waals surface area (Å²) in [7, 11) is 0. The molecule has 1 heterocycles. The van der Waals surface area contributed by atoms with Crippen LogP contribution in [0.3, 0.4) is 0 Å². The summed E-state index contributed by atoms with van der Waals surface area (Å²) in [5.74, 6) is 0. The van der Waals surface area contributed by atoms with Gasteiger partial charge < -0.3 is 10.2 Å². The predicted octanol–water partition coefficient (Wildman–Crippen LogP) is 0.974. The van der Waals surface area contributed by atoms with Crippen LogP contribution in [-0.4, -0.2) is 37.1 Å². The highest BCUT2D eigenvalue weighted by molar-refractivity contribution is 4.75. The monoisotopic (exact) mass is 181 g/mol. The largest absolute Gasteiger partial charge is 0.312 e. The van der Waals surface area contributed by atoms with E-state index in [2.05, 4.69) is 23.2 Å². The Labute approximate surface area is 80.7 Å². The normalized spacial score (nSPS) is 24.2. The third-order valence-electron chi connectivity index (χ3n) is 2.47. The topological polar surface area (TPSA) is 39.1 Å². The van der Waals surface area contributed by atoms with Crippen LogP contribution in [0.1, 0.15) is 26.2 Å². The zero-order valence-electron chi connectivity index (χ0n) is 8.42. The third kappa shape index (κ3) is 4.25. The summed E-state index contributed by atoms with van der Waals surface area (Å²) in [6.45, 7) is 6.82. The van der Waals surface area contributed by atoms with Gasteiger partial charge in [0.05, 0.1) is 6.07 Å². The van der Waals surface area contributed by atoms with Gasteiger partial charge in [-0.05, 0) is 26.3 Å². The lowest BCUT2D eigenvalue weighted by Crippen LogP contribution is -2.49. The van der Waals surface area contributed by atoms with Gasteiger partial charge in [0.25, 0.3) is 0 Å². The molecule has 1 aliphatic rings. The Balaban J connectivity index is 2.04. The number of hydrogen-bond donors (Lipinski definition) is 1. The van der Waals surface area contributed by atoms with E-state index in [0.717, 1.165) is 32.6 Å². The van der Waals surface area contributed by atoms with Gasteiger partial charge in [-0.2, -0.15) is 5.26 Å². The van der Waals surface area contributed by atoms with Crippen molar-refractivity contribution in [3.63, 3.8) is 0 Å². The Kier molecular flexibility index (Phi) is 4.81. The summed E-state index contributed by atoms with van der Waals surface area (Å²) >= 11 is 0. The van der Waals surface area contributed by atoms with Crippen molar-refractivity contribution >= 4 is 0 Å². The average molecular weight is 181 g/mol. The molecule has 1 fully saturated rings. The van der Waals surface area contributed by atoms with E-state index in [1.165, 1.54) is 6.42 Å². The lowest BCUT2D eigenvalue weighted by Gasteiger charge is -2.31. The lowest BCUT2D eigenvalue weighted by molar-refractivity contribution is 0.204. The molecule has 0 aliphatic carbocycles. The maximum Gasteiger partial charge on any atom is 0.0621 e. The van der Waals surface area contributed by atoms with Crippen LogP contribution >= 0.6 is 0 Å². The van der Waals surface area contributed by atoms with E-state index in [1.807, 2.05) is 0 Å². The van der Waals surface area contributed by atoms with Crippen molar-refractivity contribution in [2.24, 2.45) is 0 Å². The molecular formula is C10H19N3. The minimum absolute atomic E-state index is 0.629.